The molecule has 0 atom stereocenters. The molecule has 0 bridgehead atoms. The van der Waals surface area contributed by atoms with E-state index in [4.69, 9.17) is 9.47 Å². The van der Waals surface area contributed by atoms with Gasteiger partial charge >= 0.3 is 0 Å². The lowest BCUT2D eigenvalue weighted by molar-refractivity contribution is 0.409. The zero-order valence-electron chi connectivity index (χ0n) is 17.5. The number of methoxy groups -OCH3 is 1. The van der Waals surface area contributed by atoms with Gasteiger partial charge in [-0.25, -0.2) is 9.37 Å². The van der Waals surface area contributed by atoms with E-state index in [1.54, 1.807) is 32.5 Å². The Labute approximate surface area is 198 Å². The van der Waals surface area contributed by atoms with Gasteiger partial charge in [-0.1, -0.05) is 18.2 Å². The third-order valence-electron chi connectivity index (χ3n) is 4.40. The summed E-state index contributed by atoms with van der Waals surface area (Å²) in [5.74, 6) is 2.25. The molecule has 1 aromatic heterocycles. The van der Waals surface area contributed by atoms with Crippen LogP contribution in [0.4, 0.5) is 4.39 Å². The summed E-state index contributed by atoms with van der Waals surface area (Å²) in [4.78, 5) is 8.46. The van der Waals surface area contributed by atoms with Crippen LogP contribution in [0.2, 0.25) is 0 Å². The molecule has 0 aliphatic carbocycles. The maximum absolute atomic E-state index is 13.0. The highest BCUT2D eigenvalue weighted by Crippen LogP contribution is 2.20. The second-order valence-electron chi connectivity index (χ2n) is 6.47. The number of guanidine groups is 1. The summed E-state index contributed by atoms with van der Waals surface area (Å²) in [7, 11) is 3.41. The molecule has 1 heterocycles. The van der Waals surface area contributed by atoms with Crippen molar-refractivity contribution in [3.05, 3.63) is 83.8 Å². The molecule has 6 nitrogen and oxygen atoms in total. The predicted octanol–water partition coefficient (Wildman–Crippen LogP) is 4.55. The molecule has 3 aromatic rings. The Bertz CT molecular complexity index is 983. The molecule has 0 aliphatic heterocycles. The van der Waals surface area contributed by atoms with Gasteiger partial charge in [0.15, 0.2) is 5.96 Å². The van der Waals surface area contributed by atoms with Crippen LogP contribution in [-0.4, -0.2) is 31.6 Å². The first kappa shape index (κ1) is 24.4. The first-order chi connectivity index (χ1) is 14.7. The Morgan fingerprint density at radius 3 is 2.58 bits per heavy atom. The Hall–Kier alpha value is -2.88. The van der Waals surface area contributed by atoms with Gasteiger partial charge in [0.25, 0.3) is 0 Å². The van der Waals surface area contributed by atoms with Crippen molar-refractivity contribution in [2.45, 2.75) is 13.0 Å². The minimum atomic E-state index is -0.308. The summed E-state index contributed by atoms with van der Waals surface area (Å²) in [5, 5.41) is 6.57. The van der Waals surface area contributed by atoms with Crippen molar-refractivity contribution in [2.24, 2.45) is 4.99 Å². The van der Waals surface area contributed by atoms with Crippen LogP contribution in [0.3, 0.4) is 0 Å². The molecule has 3 rings (SSSR count). The lowest BCUT2D eigenvalue weighted by atomic mass is 10.1. The Morgan fingerprint density at radius 1 is 1.06 bits per heavy atom. The monoisotopic (exact) mass is 536 g/mol. The van der Waals surface area contributed by atoms with E-state index in [1.165, 1.54) is 12.1 Å². The molecule has 0 saturated carbocycles. The van der Waals surface area contributed by atoms with Crippen LogP contribution in [0.25, 0.3) is 0 Å². The van der Waals surface area contributed by atoms with Gasteiger partial charge in [0.05, 0.1) is 7.11 Å². The molecule has 0 amide bonds. The van der Waals surface area contributed by atoms with Gasteiger partial charge in [0, 0.05) is 32.4 Å². The van der Waals surface area contributed by atoms with Crippen LogP contribution in [0.15, 0.2) is 71.9 Å². The SMILES string of the molecule is CN=C(NCCc1ccccc1OC)NCc1ccnc(Oc2ccc(F)cc2)c1.I. The summed E-state index contributed by atoms with van der Waals surface area (Å²) >= 11 is 0. The molecule has 164 valence electrons. The van der Waals surface area contributed by atoms with E-state index >= 15 is 0 Å². The minimum absolute atomic E-state index is 0. The number of pyridine rings is 1. The Balaban J connectivity index is 0.00000341. The molecule has 31 heavy (non-hydrogen) atoms. The van der Waals surface area contributed by atoms with Gasteiger partial charge in [0.1, 0.15) is 17.3 Å². The molecule has 0 saturated heterocycles. The average Bonchev–Trinajstić information content (AvgIpc) is 2.78. The molecule has 0 aliphatic rings. The lowest BCUT2D eigenvalue weighted by Crippen LogP contribution is -2.37. The van der Waals surface area contributed by atoms with Gasteiger partial charge in [-0.15, -0.1) is 24.0 Å². The summed E-state index contributed by atoms with van der Waals surface area (Å²) in [6.07, 6.45) is 2.49. The van der Waals surface area contributed by atoms with Crippen molar-refractivity contribution >= 4 is 29.9 Å². The smallest absolute Gasteiger partial charge is 0.219 e. The highest BCUT2D eigenvalue weighted by atomic mass is 127. The predicted molar refractivity (Wildman–Crippen MR) is 131 cm³/mol. The lowest BCUT2D eigenvalue weighted by Gasteiger charge is -2.13. The Morgan fingerprint density at radius 2 is 1.84 bits per heavy atom. The third kappa shape index (κ3) is 7.71. The molecule has 2 aromatic carbocycles. The van der Waals surface area contributed by atoms with Gasteiger partial charge < -0.3 is 20.1 Å². The second-order valence-corrected chi connectivity index (χ2v) is 6.47. The van der Waals surface area contributed by atoms with E-state index < -0.39 is 0 Å². The van der Waals surface area contributed by atoms with Gasteiger partial charge in [-0.2, -0.15) is 0 Å². The number of para-hydroxylation sites is 1. The van der Waals surface area contributed by atoms with E-state index in [-0.39, 0.29) is 29.8 Å². The van der Waals surface area contributed by atoms with Gasteiger partial charge in [0.2, 0.25) is 5.88 Å². The molecule has 2 N–H and O–H groups in total. The average molecular weight is 536 g/mol. The number of rotatable bonds is 8. The molecular weight excluding hydrogens is 510 g/mol. The van der Waals surface area contributed by atoms with E-state index in [9.17, 15) is 4.39 Å². The zero-order chi connectivity index (χ0) is 21.2. The standard InChI is InChI=1S/C23H25FN4O2.HI/c1-25-23(27-14-12-18-5-3-4-6-21(18)29-2)28-16-17-11-13-26-22(15-17)30-20-9-7-19(24)8-10-20;/h3-11,13,15H,12,14,16H2,1-2H3,(H2,25,27,28);1H. The van der Waals surface area contributed by atoms with E-state index in [0.29, 0.717) is 24.1 Å². The molecule has 0 unspecified atom stereocenters. The van der Waals surface area contributed by atoms with Crippen LogP contribution < -0.4 is 20.1 Å². The minimum Gasteiger partial charge on any atom is -0.496 e. The number of hydrogen-bond donors (Lipinski definition) is 2. The van der Waals surface area contributed by atoms with Crippen molar-refractivity contribution in [1.29, 1.82) is 0 Å². The largest absolute Gasteiger partial charge is 0.496 e. The number of nitrogens with one attached hydrogen (secondary N) is 2. The highest BCUT2D eigenvalue weighted by molar-refractivity contribution is 14.0. The first-order valence-corrected chi connectivity index (χ1v) is 9.62. The molecule has 0 spiro atoms. The normalized spacial score (nSPS) is 10.7. The van der Waals surface area contributed by atoms with Crippen molar-refractivity contribution in [3.63, 3.8) is 0 Å². The van der Waals surface area contributed by atoms with E-state index in [0.717, 1.165) is 29.8 Å². The summed E-state index contributed by atoms with van der Waals surface area (Å²) in [5.41, 5.74) is 2.12. The summed E-state index contributed by atoms with van der Waals surface area (Å²) < 4.78 is 24.1. The number of aliphatic imine (C=N–C) groups is 1. The van der Waals surface area contributed by atoms with Crippen molar-refractivity contribution < 1.29 is 13.9 Å². The third-order valence-corrected chi connectivity index (χ3v) is 4.40. The molecule has 0 radical (unpaired) electrons. The summed E-state index contributed by atoms with van der Waals surface area (Å²) in [6, 6.07) is 17.5. The van der Waals surface area contributed by atoms with Crippen LogP contribution in [0.1, 0.15) is 11.1 Å². The first-order valence-electron chi connectivity index (χ1n) is 9.62. The van der Waals surface area contributed by atoms with Gasteiger partial charge in [-0.3, -0.25) is 4.99 Å². The fourth-order valence-electron chi connectivity index (χ4n) is 2.87. The van der Waals surface area contributed by atoms with Gasteiger partial charge in [-0.05, 0) is 53.9 Å². The zero-order valence-corrected chi connectivity index (χ0v) is 19.8. The fraction of sp³-hybridized carbons (Fsp3) is 0.217. The number of halogens is 2. The van der Waals surface area contributed by atoms with Crippen LogP contribution in [0.5, 0.6) is 17.4 Å². The van der Waals surface area contributed by atoms with Crippen LogP contribution >= 0.6 is 24.0 Å². The number of aromatic nitrogens is 1. The number of hydrogen-bond acceptors (Lipinski definition) is 4. The number of nitrogens with zero attached hydrogens (tertiary/aromatic N) is 2. The van der Waals surface area contributed by atoms with Crippen LogP contribution in [0, 0.1) is 5.82 Å². The van der Waals surface area contributed by atoms with Crippen molar-refractivity contribution in [2.75, 3.05) is 20.7 Å². The quantitative estimate of drug-likeness (QED) is 0.251. The van der Waals surface area contributed by atoms with Crippen LogP contribution in [-0.2, 0) is 13.0 Å². The maximum atomic E-state index is 13.0. The van der Waals surface area contributed by atoms with Crippen molar-refractivity contribution in [1.82, 2.24) is 15.6 Å². The second kappa shape index (κ2) is 12.7. The fourth-order valence-corrected chi connectivity index (χ4v) is 2.87. The van der Waals surface area contributed by atoms with Crippen molar-refractivity contribution in [3.8, 4) is 17.4 Å². The molecule has 8 heteroatoms. The Kier molecular flexibility index (Phi) is 10.0. The topological polar surface area (TPSA) is 67.8 Å². The number of ether oxygens (including phenoxy) is 2. The highest BCUT2D eigenvalue weighted by Gasteiger charge is 2.05. The molecular formula is C23H26FIN4O2. The maximum Gasteiger partial charge on any atom is 0.219 e. The van der Waals surface area contributed by atoms with E-state index in [1.807, 2.05) is 30.3 Å². The molecule has 0 fully saturated rings. The van der Waals surface area contributed by atoms with E-state index in [2.05, 4.69) is 26.7 Å². The number of benzene rings is 2. The summed E-state index contributed by atoms with van der Waals surface area (Å²) in [6.45, 7) is 1.27.